The van der Waals surface area contributed by atoms with E-state index >= 15 is 0 Å². The van der Waals surface area contributed by atoms with E-state index < -0.39 is 0 Å². The van der Waals surface area contributed by atoms with Gasteiger partial charge in [-0.25, -0.2) is 4.68 Å². The molecule has 1 amide bonds. The van der Waals surface area contributed by atoms with Crippen LogP contribution in [0, 0.1) is 17.8 Å². The van der Waals surface area contributed by atoms with E-state index in [1.807, 2.05) is 4.68 Å². The summed E-state index contributed by atoms with van der Waals surface area (Å²) in [6, 6.07) is 0.750. The topological polar surface area (TPSA) is 80.2 Å². The Labute approximate surface area is 193 Å². The number of aromatic nitrogens is 2. The minimum atomic E-state index is -0.0445. The Balaban J connectivity index is 1.35. The van der Waals surface area contributed by atoms with Gasteiger partial charge in [-0.2, -0.15) is 5.10 Å². The molecular weight excluding hydrogens is 402 g/mol. The molecule has 7 heteroatoms. The predicted molar refractivity (Wildman–Crippen MR) is 127 cm³/mol. The van der Waals surface area contributed by atoms with Crippen molar-refractivity contribution in [3.8, 4) is 5.88 Å². The minimum absolute atomic E-state index is 0.0445. The Hall–Kier alpha value is -1.60. The molecule has 180 valence electrons. The largest absolute Gasteiger partial charge is 0.477 e. The summed E-state index contributed by atoms with van der Waals surface area (Å²) in [7, 11) is 0. The lowest BCUT2D eigenvalue weighted by molar-refractivity contribution is 0.0850. The van der Waals surface area contributed by atoms with Crippen molar-refractivity contribution in [1.29, 1.82) is 0 Å². The highest BCUT2D eigenvalue weighted by Gasteiger charge is 2.35. The van der Waals surface area contributed by atoms with Crippen LogP contribution in [0.15, 0.2) is 6.20 Å². The van der Waals surface area contributed by atoms with Crippen LogP contribution in [-0.4, -0.2) is 54.0 Å². The molecule has 2 heterocycles. The predicted octanol–water partition coefficient (Wildman–Crippen LogP) is 3.35. The summed E-state index contributed by atoms with van der Waals surface area (Å²) in [4.78, 5) is 13.2. The number of hydrogen-bond donors (Lipinski definition) is 3. The molecule has 2 bridgehead atoms. The van der Waals surface area contributed by atoms with E-state index in [4.69, 9.17) is 4.74 Å². The van der Waals surface area contributed by atoms with Crippen molar-refractivity contribution >= 4 is 5.91 Å². The summed E-state index contributed by atoms with van der Waals surface area (Å²) < 4.78 is 7.87. The van der Waals surface area contributed by atoms with Crippen LogP contribution in [0.3, 0.4) is 0 Å². The number of fused-ring (bicyclic) bond motifs is 2. The van der Waals surface area contributed by atoms with Gasteiger partial charge >= 0.3 is 0 Å². The fraction of sp³-hybridized carbons (Fsp3) is 0.840. The highest BCUT2D eigenvalue weighted by atomic mass is 16.5. The summed E-state index contributed by atoms with van der Waals surface area (Å²) in [5.74, 6) is 2.89. The van der Waals surface area contributed by atoms with Crippen LogP contribution >= 0.6 is 0 Å². The Morgan fingerprint density at radius 3 is 2.69 bits per heavy atom. The van der Waals surface area contributed by atoms with Crippen LogP contribution in [0.4, 0.5) is 0 Å². The van der Waals surface area contributed by atoms with Crippen LogP contribution in [0.5, 0.6) is 5.88 Å². The van der Waals surface area contributed by atoms with E-state index in [0.29, 0.717) is 36.6 Å². The van der Waals surface area contributed by atoms with Crippen molar-refractivity contribution in [2.75, 3.05) is 26.2 Å². The number of rotatable bonds is 10. The molecule has 2 aliphatic carbocycles. The van der Waals surface area contributed by atoms with E-state index in [0.717, 1.165) is 50.7 Å². The number of amides is 1. The first-order valence-electron chi connectivity index (χ1n) is 13.1. The van der Waals surface area contributed by atoms with Gasteiger partial charge < -0.3 is 20.7 Å². The van der Waals surface area contributed by atoms with Gasteiger partial charge in [0.1, 0.15) is 5.56 Å². The summed E-state index contributed by atoms with van der Waals surface area (Å²) in [5.41, 5.74) is 0.572. The standard InChI is InChI=1S/C25H43N5O2/c1-3-13-32-25-23(17-28-30(25)12-11-27-22-7-9-26-10-8-22)24(31)29-18(2)21-15-19-5-4-6-20(14-19)16-21/h17-22,26-27H,3-16H2,1-2H3,(H,29,31). The van der Waals surface area contributed by atoms with E-state index in [1.165, 1.54) is 38.5 Å². The zero-order chi connectivity index (χ0) is 22.3. The average molecular weight is 446 g/mol. The van der Waals surface area contributed by atoms with E-state index in [1.54, 1.807) is 6.20 Å². The summed E-state index contributed by atoms with van der Waals surface area (Å²) in [6.45, 7) is 8.56. The first-order valence-corrected chi connectivity index (χ1v) is 13.1. The van der Waals surface area contributed by atoms with Crippen molar-refractivity contribution in [3.05, 3.63) is 11.8 Å². The Bertz CT molecular complexity index is 718. The Morgan fingerprint density at radius 1 is 1.22 bits per heavy atom. The zero-order valence-electron chi connectivity index (χ0n) is 20.1. The van der Waals surface area contributed by atoms with E-state index in [2.05, 4.69) is 34.9 Å². The van der Waals surface area contributed by atoms with Crippen molar-refractivity contribution in [3.63, 3.8) is 0 Å². The molecule has 0 radical (unpaired) electrons. The molecule has 3 fully saturated rings. The Kier molecular flexibility index (Phi) is 8.47. The highest BCUT2D eigenvalue weighted by Crippen LogP contribution is 2.43. The van der Waals surface area contributed by atoms with Crippen molar-refractivity contribution < 1.29 is 9.53 Å². The molecule has 32 heavy (non-hydrogen) atoms. The third-order valence-corrected chi connectivity index (χ3v) is 7.80. The number of ether oxygens (including phenoxy) is 1. The molecule has 1 aromatic heterocycles. The lowest BCUT2D eigenvalue weighted by Gasteiger charge is -2.41. The van der Waals surface area contributed by atoms with Gasteiger partial charge in [0.25, 0.3) is 5.91 Å². The second kappa shape index (κ2) is 11.5. The third kappa shape index (κ3) is 6.04. The first kappa shape index (κ1) is 23.6. The number of carbonyl (C=O) groups is 1. The molecule has 7 nitrogen and oxygen atoms in total. The van der Waals surface area contributed by atoms with Crippen LogP contribution in [-0.2, 0) is 6.54 Å². The molecule has 0 spiro atoms. The van der Waals surface area contributed by atoms with Gasteiger partial charge in [0, 0.05) is 18.6 Å². The van der Waals surface area contributed by atoms with Gasteiger partial charge in [0.2, 0.25) is 5.88 Å². The summed E-state index contributed by atoms with van der Waals surface area (Å²) in [6.07, 6.45) is 13.0. The monoisotopic (exact) mass is 445 g/mol. The fourth-order valence-corrected chi connectivity index (χ4v) is 6.03. The van der Waals surface area contributed by atoms with Crippen LogP contribution in [0.2, 0.25) is 0 Å². The summed E-state index contributed by atoms with van der Waals surface area (Å²) in [5, 5.41) is 14.8. The molecule has 1 saturated heterocycles. The maximum atomic E-state index is 13.2. The molecule has 0 aromatic carbocycles. The number of nitrogens with zero attached hydrogens (tertiary/aromatic N) is 2. The normalized spacial score (nSPS) is 27.1. The maximum Gasteiger partial charge on any atom is 0.258 e. The van der Waals surface area contributed by atoms with Gasteiger partial charge in [0.15, 0.2) is 0 Å². The lowest BCUT2D eigenvalue weighted by Crippen LogP contribution is -2.42. The highest BCUT2D eigenvalue weighted by molar-refractivity contribution is 5.96. The second-order valence-electron chi connectivity index (χ2n) is 10.3. The van der Waals surface area contributed by atoms with Gasteiger partial charge in [0.05, 0.1) is 19.3 Å². The van der Waals surface area contributed by atoms with Gasteiger partial charge in [-0.1, -0.05) is 26.2 Å². The maximum absolute atomic E-state index is 13.2. The Morgan fingerprint density at radius 2 is 1.97 bits per heavy atom. The number of hydrogen-bond acceptors (Lipinski definition) is 5. The number of piperidine rings is 1. The molecule has 3 N–H and O–H groups in total. The minimum Gasteiger partial charge on any atom is -0.477 e. The quantitative estimate of drug-likeness (QED) is 0.515. The van der Waals surface area contributed by atoms with Gasteiger partial charge in [-0.15, -0.1) is 0 Å². The van der Waals surface area contributed by atoms with E-state index in [-0.39, 0.29) is 11.9 Å². The third-order valence-electron chi connectivity index (χ3n) is 7.80. The molecule has 1 aromatic rings. The van der Waals surface area contributed by atoms with Crippen LogP contribution < -0.4 is 20.7 Å². The molecule has 1 aliphatic heterocycles. The fourth-order valence-electron chi connectivity index (χ4n) is 6.03. The van der Waals surface area contributed by atoms with Crippen LogP contribution in [0.1, 0.15) is 82.0 Å². The van der Waals surface area contributed by atoms with Gasteiger partial charge in [-0.3, -0.25) is 4.79 Å². The number of nitrogens with one attached hydrogen (secondary N) is 3. The van der Waals surface area contributed by atoms with Crippen LogP contribution in [0.25, 0.3) is 0 Å². The van der Waals surface area contributed by atoms with Crippen molar-refractivity contribution in [2.24, 2.45) is 17.8 Å². The second-order valence-corrected chi connectivity index (χ2v) is 10.3. The van der Waals surface area contributed by atoms with E-state index in [9.17, 15) is 4.79 Å². The zero-order valence-corrected chi connectivity index (χ0v) is 20.1. The SMILES string of the molecule is CCCOc1c(C(=O)NC(C)C2CC3CCCC(C3)C2)cnn1CCNC1CCNCC1. The van der Waals surface area contributed by atoms with Crippen molar-refractivity contribution in [2.45, 2.75) is 90.3 Å². The first-order chi connectivity index (χ1) is 15.6. The molecule has 3 unspecified atom stereocenters. The lowest BCUT2D eigenvalue weighted by atomic mass is 9.66. The summed E-state index contributed by atoms with van der Waals surface area (Å²) >= 11 is 0. The van der Waals surface area contributed by atoms with Crippen molar-refractivity contribution in [1.82, 2.24) is 25.7 Å². The molecule has 2 saturated carbocycles. The number of carbonyl (C=O) groups excluding carboxylic acids is 1. The smallest absolute Gasteiger partial charge is 0.258 e. The average Bonchev–Trinajstić information content (AvgIpc) is 3.20. The molecule has 3 atom stereocenters. The molecule has 4 rings (SSSR count). The molecule has 3 aliphatic rings. The molecular formula is C25H43N5O2. The van der Waals surface area contributed by atoms with Gasteiger partial charge in [-0.05, 0) is 76.3 Å².